The highest BCUT2D eigenvalue weighted by molar-refractivity contribution is 7.89. The fraction of sp³-hybridized carbons (Fsp3) is 0.300. The summed E-state index contributed by atoms with van der Waals surface area (Å²) >= 11 is 1.58. The van der Waals surface area contributed by atoms with Crippen molar-refractivity contribution in [1.29, 1.82) is 0 Å². The number of amides is 1. The number of aromatic nitrogens is 1. The molecule has 0 bridgehead atoms. The van der Waals surface area contributed by atoms with Crippen LogP contribution in [0.5, 0.6) is 0 Å². The van der Waals surface area contributed by atoms with Crippen molar-refractivity contribution in [2.45, 2.75) is 31.3 Å². The van der Waals surface area contributed by atoms with Crippen LogP contribution in [0.3, 0.4) is 0 Å². The van der Waals surface area contributed by atoms with Crippen LogP contribution in [-0.4, -0.2) is 36.7 Å². The Morgan fingerprint density at radius 2 is 1.83 bits per heavy atom. The molecule has 29 heavy (non-hydrogen) atoms. The van der Waals surface area contributed by atoms with Crippen molar-refractivity contribution < 1.29 is 17.6 Å². The Morgan fingerprint density at radius 3 is 2.48 bits per heavy atom. The van der Waals surface area contributed by atoms with Gasteiger partial charge in [-0.25, -0.2) is 13.4 Å². The summed E-state index contributed by atoms with van der Waals surface area (Å²) in [6.45, 7) is 2.91. The van der Waals surface area contributed by atoms with Crippen LogP contribution in [0.4, 0.5) is 5.69 Å². The first kappa shape index (κ1) is 19.8. The highest BCUT2D eigenvalue weighted by Crippen LogP contribution is 2.25. The van der Waals surface area contributed by atoms with Crippen LogP contribution in [0.15, 0.2) is 51.3 Å². The number of furan rings is 1. The molecule has 1 N–H and O–H groups in total. The Labute approximate surface area is 173 Å². The van der Waals surface area contributed by atoms with Crippen molar-refractivity contribution >= 4 is 33.0 Å². The maximum atomic E-state index is 12.7. The Morgan fingerprint density at radius 1 is 1.10 bits per heavy atom. The topological polar surface area (TPSA) is 92.5 Å². The highest BCUT2D eigenvalue weighted by Gasteiger charge is 2.29. The lowest BCUT2D eigenvalue weighted by molar-refractivity contribution is 0.0991. The third-order valence-corrected chi connectivity index (χ3v) is 7.32. The van der Waals surface area contributed by atoms with Crippen molar-refractivity contribution in [1.82, 2.24) is 9.29 Å². The number of nitrogens with zero attached hydrogens (tertiary/aromatic N) is 2. The van der Waals surface area contributed by atoms with E-state index in [-0.39, 0.29) is 10.9 Å². The maximum Gasteiger partial charge on any atom is 0.291 e. The number of carbonyl (C=O) groups excluding carboxylic acids is 1. The molecule has 0 spiro atoms. The number of carbonyl (C=O) groups is 1. The van der Waals surface area contributed by atoms with Gasteiger partial charge in [0.15, 0.2) is 5.76 Å². The molecule has 2 aromatic heterocycles. The summed E-state index contributed by atoms with van der Waals surface area (Å²) in [5.74, 6) is -0.540. The molecule has 9 heteroatoms. The van der Waals surface area contributed by atoms with E-state index in [9.17, 15) is 13.2 Å². The number of hydrogen-bond acceptors (Lipinski definition) is 6. The number of anilines is 1. The minimum Gasteiger partial charge on any atom is -0.438 e. The molecule has 1 amide bonds. The smallest absolute Gasteiger partial charge is 0.291 e. The van der Waals surface area contributed by atoms with E-state index in [1.165, 1.54) is 16.4 Å². The van der Waals surface area contributed by atoms with Gasteiger partial charge in [-0.05, 0) is 44.0 Å². The Hall–Kier alpha value is -2.49. The lowest BCUT2D eigenvalue weighted by atomic mass is 10.1. The molecular formula is C20H21N3O4S2. The first-order valence-corrected chi connectivity index (χ1v) is 11.7. The summed E-state index contributed by atoms with van der Waals surface area (Å²) in [5.41, 5.74) is 2.44. The molecule has 4 rings (SSSR count). The van der Waals surface area contributed by atoms with Gasteiger partial charge in [0.05, 0.1) is 10.7 Å². The molecular weight excluding hydrogens is 410 g/mol. The van der Waals surface area contributed by atoms with E-state index < -0.39 is 15.9 Å². The molecule has 7 nitrogen and oxygen atoms in total. The fourth-order valence-corrected chi connectivity index (χ4v) is 5.28. The Balaban J connectivity index is 1.45. The molecule has 152 valence electrons. The van der Waals surface area contributed by atoms with Crippen LogP contribution < -0.4 is 5.32 Å². The maximum absolute atomic E-state index is 12.7. The van der Waals surface area contributed by atoms with E-state index in [1.54, 1.807) is 23.5 Å². The summed E-state index contributed by atoms with van der Waals surface area (Å²) < 4.78 is 32.1. The molecule has 1 aliphatic heterocycles. The lowest BCUT2D eigenvalue weighted by Gasteiger charge is -2.24. The van der Waals surface area contributed by atoms with Crippen molar-refractivity contribution in [2.75, 3.05) is 18.4 Å². The third kappa shape index (κ3) is 4.26. The molecule has 1 saturated heterocycles. The van der Waals surface area contributed by atoms with E-state index in [4.69, 9.17) is 4.42 Å². The Bertz CT molecular complexity index is 1110. The lowest BCUT2D eigenvalue weighted by Crippen LogP contribution is -2.35. The largest absolute Gasteiger partial charge is 0.438 e. The predicted octanol–water partition coefficient (Wildman–Crippen LogP) is 4.14. The van der Waals surface area contributed by atoms with Crippen LogP contribution in [0.25, 0.3) is 11.3 Å². The van der Waals surface area contributed by atoms with Gasteiger partial charge in [-0.3, -0.25) is 4.79 Å². The molecule has 0 atom stereocenters. The standard InChI is InChI=1S/C20H21N3O4S2/c1-14-21-17(13-28-14)15-5-7-16(8-6-15)22-20(24)18-9-10-19(27-18)29(25,26)23-11-3-2-4-12-23/h5-10,13H,2-4,11-12H2,1H3,(H,22,24). The zero-order valence-corrected chi connectivity index (χ0v) is 17.6. The van der Waals surface area contributed by atoms with E-state index in [2.05, 4.69) is 10.3 Å². The number of hydrogen-bond donors (Lipinski definition) is 1. The van der Waals surface area contributed by atoms with Gasteiger partial charge in [0.2, 0.25) is 5.09 Å². The number of thiazole rings is 1. The molecule has 1 aliphatic rings. The normalized spacial score (nSPS) is 15.3. The van der Waals surface area contributed by atoms with E-state index >= 15 is 0 Å². The molecule has 0 saturated carbocycles. The van der Waals surface area contributed by atoms with Gasteiger partial charge in [-0.2, -0.15) is 4.31 Å². The van der Waals surface area contributed by atoms with Gasteiger partial charge in [0, 0.05) is 29.7 Å². The van der Waals surface area contributed by atoms with Crippen molar-refractivity contribution in [3.8, 4) is 11.3 Å². The van der Waals surface area contributed by atoms with Gasteiger partial charge in [-0.15, -0.1) is 11.3 Å². The third-order valence-electron chi connectivity index (χ3n) is 4.77. The van der Waals surface area contributed by atoms with Gasteiger partial charge in [0.25, 0.3) is 15.9 Å². The van der Waals surface area contributed by atoms with E-state index in [0.29, 0.717) is 18.8 Å². The van der Waals surface area contributed by atoms with Crippen molar-refractivity contribution in [3.05, 3.63) is 52.5 Å². The van der Waals surface area contributed by atoms with Crippen molar-refractivity contribution in [3.63, 3.8) is 0 Å². The minimum absolute atomic E-state index is 0.0419. The summed E-state index contributed by atoms with van der Waals surface area (Å²) in [4.78, 5) is 16.9. The van der Waals surface area contributed by atoms with Gasteiger partial charge in [0.1, 0.15) is 0 Å². The minimum atomic E-state index is -3.70. The van der Waals surface area contributed by atoms with Gasteiger partial charge >= 0.3 is 0 Å². The second kappa shape index (κ2) is 8.10. The second-order valence-electron chi connectivity index (χ2n) is 6.87. The first-order valence-electron chi connectivity index (χ1n) is 9.37. The fourth-order valence-electron chi connectivity index (χ4n) is 3.23. The van der Waals surface area contributed by atoms with Crippen molar-refractivity contribution in [2.24, 2.45) is 0 Å². The molecule has 1 aromatic carbocycles. The second-order valence-corrected chi connectivity index (χ2v) is 9.80. The van der Waals surface area contributed by atoms with Crippen LogP contribution >= 0.6 is 11.3 Å². The van der Waals surface area contributed by atoms with Crippen LogP contribution in [0.2, 0.25) is 0 Å². The van der Waals surface area contributed by atoms with Gasteiger partial charge < -0.3 is 9.73 Å². The highest BCUT2D eigenvalue weighted by atomic mass is 32.2. The van der Waals surface area contributed by atoms with Crippen LogP contribution in [0.1, 0.15) is 34.8 Å². The number of benzene rings is 1. The summed E-state index contributed by atoms with van der Waals surface area (Å²) in [7, 11) is -3.70. The zero-order valence-electron chi connectivity index (χ0n) is 15.9. The Kier molecular flexibility index (Phi) is 5.53. The number of aryl methyl sites for hydroxylation is 1. The van der Waals surface area contributed by atoms with E-state index in [0.717, 1.165) is 35.5 Å². The molecule has 0 unspecified atom stereocenters. The van der Waals surface area contributed by atoms with E-state index in [1.807, 2.05) is 24.4 Å². The van der Waals surface area contributed by atoms with Crippen LogP contribution in [-0.2, 0) is 10.0 Å². The number of piperidine rings is 1. The van der Waals surface area contributed by atoms with Gasteiger partial charge in [-0.1, -0.05) is 18.6 Å². The monoisotopic (exact) mass is 431 g/mol. The number of sulfonamides is 1. The molecule has 3 aromatic rings. The quantitative estimate of drug-likeness (QED) is 0.655. The average molecular weight is 432 g/mol. The predicted molar refractivity (Wildman–Crippen MR) is 112 cm³/mol. The molecule has 0 radical (unpaired) electrons. The first-order chi connectivity index (χ1) is 13.9. The molecule has 0 aliphatic carbocycles. The molecule has 1 fully saturated rings. The average Bonchev–Trinajstić information content (AvgIpc) is 3.39. The molecule has 3 heterocycles. The van der Waals surface area contributed by atoms with Crippen LogP contribution in [0, 0.1) is 6.92 Å². The number of rotatable bonds is 5. The summed E-state index contributed by atoms with van der Waals surface area (Å²) in [6.07, 6.45) is 2.70. The number of nitrogens with one attached hydrogen (secondary N) is 1. The SMILES string of the molecule is Cc1nc(-c2ccc(NC(=O)c3ccc(S(=O)(=O)N4CCCCC4)o3)cc2)cs1. The summed E-state index contributed by atoms with van der Waals surface area (Å²) in [6, 6.07) is 10.0. The zero-order chi connectivity index (χ0) is 20.4. The summed E-state index contributed by atoms with van der Waals surface area (Å²) in [5, 5.41) is 5.51.